The Labute approximate surface area is 197 Å². The molecule has 1 fully saturated rings. The maximum atomic E-state index is 13.4. The Hall–Kier alpha value is -4.32. The van der Waals surface area contributed by atoms with Crippen molar-refractivity contribution in [3.05, 3.63) is 101 Å². The van der Waals surface area contributed by atoms with E-state index >= 15 is 0 Å². The lowest BCUT2D eigenvalue weighted by molar-refractivity contribution is -0.132. The molecule has 4 aromatic rings. The Bertz CT molecular complexity index is 1430. The van der Waals surface area contributed by atoms with Crippen molar-refractivity contribution in [2.75, 3.05) is 11.5 Å². The first-order chi connectivity index (χ1) is 16.5. The lowest BCUT2D eigenvalue weighted by Gasteiger charge is -2.26. The van der Waals surface area contributed by atoms with Crippen molar-refractivity contribution in [3.8, 4) is 5.75 Å². The molecular formula is C28H24N2O4. The van der Waals surface area contributed by atoms with E-state index in [1.807, 2.05) is 86.6 Å². The lowest BCUT2D eigenvalue weighted by Crippen LogP contribution is -2.29. The SMILES string of the molecule is CCOc1cccc(C2/C(=C(/O)c3c[nH]c4ccccc34)C(=O)C(=O)N2c2ccc(C)cc2)c1. The zero-order valence-corrected chi connectivity index (χ0v) is 18.9. The summed E-state index contributed by atoms with van der Waals surface area (Å²) < 4.78 is 5.67. The minimum Gasteiger partial charge on any atom is -0.507 e. The second kappa shape index (κ2) is 8.56. The van der Waals surface area contributed by atoms with E-state index in [-0.39, 0.29) is 11.3 Å². The third-order valence-corrected chi connectivity index (χ3v) is 6.09. The summed E-state index contributed by atoms with van der Waals surface area (Å²) in [6.07, 6.45) is 1.66. The van der Waals surface area contributed by atoms with Crippen molar-refractivity contribution in [2.45, 2.75) is 19.9 Å². The van der Waals surface area contributed by atoms with Gasteiger partial charge in [0.05, 0.1) is 18.2 Å². The number of anilines is 1. The molecule has 34 heavy (non-hydrogen) atoms. The first-order valence-electron chi connectivity index (χ1n) is 11.2. The number of aliphatic hydroxyl groups is 1. The number of aliphatic hydroxyl groups excluding tert-OH is 1. The van der Waals surface area contributed by atoms with Crippen molar-refractivity contribution in [1.29, 1.82) is 0 Å². The van der Waals surface area contributed by atoms with Gasteiger partial charge in [-0.25, -0.2) is 0 Å². The average Bonchev–Trinajstić information content (AvgIpc) is 3.39. The molecule has 0 saturated carbocycles. The number of para-hydroxylation sites is 1. The Morgan fingerprint density at radius 3 is 2.56 bits per heavy atom. The average molecular weight is 453 g/mol. The van der Waals surface area contributed by atoms with Crippen LogP contribution in [0.25, 0.3) is 16.7 Å². The van der Waals surface area contributed by atoms with Crippen molar-refractivity contribution < 1.29 is 19.4 Å². The zero-order valence-electron chi connectivity index (χ0n) is 18.9. The summed E-state index contributed by atoms with van der Waals surface area (Å²) in [4.78, 5) is 31.3. The first-order valence-corrected chi connectivity index (χ1v) is 11.2. The summed E-state index contributed by atoms with van der Waals surface area (Å²) in [6, 6.07) is 21.4. The third-order valence-electron chi connectivity index (χ3n) is 6.09. The number of benzene rings is 3. The smallest absolute Gasteiger partial charge is 0.300 e. The minimum absolute atomic E-state index is 0.0453. The summed E-state index contributed by atoms with van der Waals surface area (Å²) in [5.74, 6) is -0.994. The van der Waals surface area contributed by atoms with Crippen LogP contribution in [0.4, 0.5) is 5.69 Å². The molecule has 6 heteroatoms. The van der Waals surface area contributed by atoms with Gasteiger partial charge >= 0.3 is 0 Å². The van der Waals surface area contributed by atoms with Crippen molar-refractivity contribution in [1.82, 2.24) is 4.98 Å². The van der Waals surface area contributed by atoms with E-state index in [1.165, 1.54) is 4.90 Å². The number of nitrogens with zero attached hydrogens (tertiary/aromatic N) is 1. The zero-order chi connectivity index (χ0) is 23.8. The monoisotopic (exact) mass is 452 g/mol. The summed E-state index contributed by atoms with van der Waals surface area (Å²) in [5, 5.41) is 12.2. The molecule has 1 aliphatic heterocycles. The molecule has 1 aliphatic rings. The quantitative estimate of drug-likeness (QED) is 0.238. The summed E-state index contributed by atoms with van der Waals surface area (Å²) >= 11 is 0. The summed E-state index contributed by atoms with van der Waals surface area (Å²) in [5.41, 5.74) is 3.64. The number of nitrogens with one attached hydrogen (secondary N) is 1. The van der Waals surface area contributed by atoms with Crippen molar-refractivity contribution in [2.24, 2.45) is 0 Å². The van der Waals surface area contributed by atoms with Crippen LogP contribution in [0.1, 0.15) is 29.7 Å². The number of aromatic nitrogens is 1. The standard InChI is InChI=1S/C28H24N2O4/c1-3-34-20-8-6-7-18(15-20)25-24(26(31)22-16-29-23-10-5-4-9-21(22)23)27(32)28(33)30(25)19-13-11-17(2)12-14-19/h4-16,25,29,31H,3H2,1-2H3/b26-24-. The summed E-state index contributed by atoms with van der Waals surface area (Å²) in [6.45, 7) is 4.33. The van der Waals surface area contributed by atoms with Crippen molar-refractivity contribution in [3.63, 3.8) is 0 Å². The second-order valence-electron chi connectivity index (χ2n) is 8.26. The van der Waals surface area contributed by atoms with Gasteiger partial charge in [-0.05, 0) is 49.7 Å². The van der Waals surface area contributed by atoms with Crippen LogP contribution in [0.5, 0.6) is 5.75 Å². The molecule has 1 amide bonds. The van der Waals surface area contributed by atoms with Gasteiger partial charge in [-0.2, -0.15) is 0 Å². The van der Waals surface area contributed by atoms with Crippen molar-refractivity contribution >= 4 is 34.0 Å². The van der Waals surface area contributed by atoms with E-state index in [4.69, 9.17) is 4.74 Å². The van der Waals surface area contributed by atoms with Crippen LogP contribution in [0.3, 0.4) is 0 Å². The molecule has 2 heterocycles. The van der Waals surface area contributed by atoms with Crippen LogP contribution in [0.2, 0.25) is 0 Å². The van der Waals surface area contributed by atoms with Gasteiger partial charge in [0, 0.05) is 28.4 Å². The van der Waals surface area contributed by atoms with E-state index < -0.39 is 17.7 Å². The molecule has 1 unspecified atom stereocenters. The maximum Gasteiger partial charge on any atom is 0.300 e. The molecule has 3 aromatic carbocycles. The maximum absolute atomic E-state index is 13.4. The highest BCUT2D eigenvalue weighted by Gasteiger charge is 2.47. The Morgan fingerprint density at radius 1 is 1.03 bits per heavy atom. The molecular weight excluding hydrogens is 428 g/mol. The van der Waals surface area contributed by atoms with E-state index in [1.54, 1.807) is 6.20 Å². The number of carbonyl (C=O) groups excluding carboxylic acids is 2. The Balaban J connectivity index is 1.74. The molecule has 1 atom stereocenters. The molecule has 2 N–H and O–H groups in total. The Morgan fingerprint density at radius 2 is 1.79 bits per heavy atom. The van der Waals surface area contributed by atoms with Crippen LogP contribution in [-0.2, 0) is 9.59 Å². The molecule has 6 nitrogen and oxygen atoms in total. The number of ether oxygens (including phenoxy) is 1. The van der Waals surface area contributed by atoms with E-state index in [0.29, 0.717) is 29.2 Å². The van der Waals surface area contributed by atoms with Gasteiger partial charge in [0.1, 0.15) is 11.5 Å². The molecule has 1 saturated heterocycles. The van der Waals surface area contributed by atoms with Gasteiger partial charge in [-0.3, -0.25) is 14.5 Å². The largest absolute Gasteiger partial charge is 0.507 e. The summed E-state index contributed by atoms with van der Waals surface area (Å²) in [7, 11) is 0. The highest BCUT2D eigenvalue weighted by molar-refractivity contribution is 6.51. The van der Waals surface area contributed by atoms with E-state index in [2.05, 4.69) is 4.98 Å². The lowest BCUT2D eigenvalue weighted by atomic mass is 9.94. The highest BCUT2D eigenvalue weighted by atomic mass is 16.5. The molecule has 0 radical (unpaired) electrons. The number of Topliss-reactive ketones (excluding diaryl/α,β-unsaturated/α-hetero) is 1. The van der Waals surface area contributed by atoms with Crippen LogP contribution >= 0.6 is 0 Å². The number of aromatic amines is 1. The van der Waals surface area contributed by atoms with Gasteiger partial charge in [0.2, 0.25) is 0 Å². The number of aryl methyl sites for hydroxylation is 1. The Kier molecular flexibility index (Phi) is 5.42. The first kappa shape index (κ1) is 21.5. The van der Waals surface area contributed by atoms with Gasteiger partial charge in [-0.1, -0.05) is 48.0 Å². The fourth-order valence-corrected chi connectivity index (χ4v) is 4.47. The number of rotatable bonds is 5. The fraction of sp³-hybridized carbons (Fsp3) is 0.143. The third kappa shape index (κ3) is 3.53. The van der Waals surface area contributed by atoms with Crippen LogP contribution in [-0.4, -0.2) is 28.4 Å². The number of ketones is 1. The number of hydrogen-bond acceptors (Lipinski definition) is 4. The van der Waals surface area contributed by atoms with E-state index in [9.17, 15) is 14.7 Å². The van der Waals surface area contributed by atoms with Gasteiger partial charge in [-0.15, -0.1) is 0 Å². The number of amides is 1. The predicted octanol–water partition coefficient (Wildman–Crippen LogP) is 5.50. The fourth-order valence-electron chi connectivity index (χ4n) is 4.47. The van der Waals surface area contributed by atoms with Crippen LogP contribution in [0, 0.1) is 6.92 Å². The van der Waals surface area contributed by atoms with Gasteiger partial charge in [0.15, 0.2) is 0 Å². The van der Waals surface area contributed by atoms with Gasteiger partial charge < -0.3 is 14.8 Å². The second-order valence-corrected chi connectivity index (χ2v) is 8.26. The molecule has 1 aromatic heterocycles. The normalized spacial score (nSPS) is 17.5. The molecule has 5 rings (SSSR count). The minimum atomic E-state index is -0.809. The van der Waals surface area contributed by atoms with Gasteiger partial charge in [0.25, 0.3) is 11.7 Å². The molecule has 170 valence electrons. The van der Waals surface area contributed by atoms with Crippen LogP contribution < -0.4 is 9.64 Å². The number of fused-ring (bicyclic) bond motifs is 1. The number of hydrogen-bond donors (Lipinski definition) is 2. The molecule has 0 spiro atoms. The highest BCUT2D eigenvalue weighted by Crippen LogP contribution is 2.43. The number of carbonyl (C=O) groups is 2. The van der Waals surface area contributed by atoms with Crippen LogP contribution in [0.15, 0.2) is 84.6 Å². The molecule has 0 bridgehead atoms. The number of H-pyrrole nitrogens is 1. The molecule has 0 aliphatic carbocycles. The topological polar surface area (TPSA) is 82.6 Å². The predicted molar refractivity (Wildman–Crippen MR) is 132 cm³/mol. The van der Waals surface area contributed by atoms with E-state index in [0.717, 1.165) is 16.5 Å².